The molecule has 1 unspecified atom stereocenters. The van der Waals surface area contributed by atoms with Crippen LogP contribution in [0.1, 0.15) is 31.7 Å². The first-order valence-electron chi connectivity index (χ1n) is 11.3. The molecule has 1 aliphatic heterocycles. The molecule has 0 radical (unpaired) electrons. The van der Waals surface area contributed by atoms with Gasteiger partial charge in [-0.25, -0.2) is 0 Å². The maximum absolute atomic E-state index is 13.0. The van der Waals surface area contributed by atoms with Crippen LogP contribution in [0.5, 0.6) is 0 Å². The molecular weight excluding hydrogens is 418 g/mol. The van der Waals surface area contributed by atoms with Crippen LogP contribution in [0.4, 0.5) is 17.1 Å². The number of nitrogens with one attached hydrogen (secondary N) is 1. The maximum atomic E-state index is 13.0. The summed E-state index contributed by atoms with van der Waals surface area (Å²) in [5, 5.41) is 6.96. The van der Waals surface area contributed by atoms with Gasteiger partial charge in [0.1, 0.15) is 0 Å². The number of rotatable bonds is 7. The van der Waals surface area contributed by atoms with Gasteiger partial charge in [0.05, 0.1) is 5.92 Å². The number of carbonyl (C=O) groups excluding carboxylic acids is 2. The molecular formula is C25H29N5O3. The molecule has 0 aliphatic carbocycles. The van der Waals surface area contributed by atoms with Gasteiger partial charge < -0.3 is 19.6 Å². The average molecular weight is 448 g/mol. The second-order valence-corrected chi connectivity index (χ2v) is 8.25. The van der Waals surface area contributed by atoms with Crippen molar-refractivity contribution in [1.29, 1.82) is 0 Å². The molecule has 1 aliphatic rings. The SMILES string of the molecule is CCN(CC)c1ccc(NC(=O)C2CC(=O)N(c3cccc(-c4noc(C)n4)c3)C2)c(C)c1. The fourth-order valence-corrected chi connectivity index (χ4v) is 4.17. The van der Waals surface area contributed by atoms with E-state index >= 15 is 0 Å². The number of benzene rings is 2. The van der Waals surface area contributed by atoms with E-state index in [0.29, 0.717) is 18.3 Å². The minimum Gasteiger partial charge on any atom is -0.372 e. The second-order valence-electron chi connectivity index (χ2n) is 8.25. The first-order chi connectivity index (χ1) is 15.9. The van der Waals surface area contributed by atoms with Gasteiger partial charge in [-0.05, 0) is 56.7 Å². The second kappa shape index (κ2) is 9.44. The molecule has 0 saturated carbocycles. The number of hydrogen-bond acceptors (Lipinski definition) is 6. The molecule has 1 saturated heterocycles. The number of aromatic nitrogens is 2. The zero-order valence-electron chi connectivity index (χ0n) is 19.5. The minimum atomic E-state index is -0.421. The summed E-state index contributed by atoms with van der Waals surface area (Å²) in [4.78, 5) is 33.9. The van der Waals surface area contributed by atoms with Crippen molar-refractivity contribution in [3.8, 4) is 11.4 Å². The molecule has 1 fully saturated rings. The summed E-state index contributed by atoms with van der Waals surface area (Å²) in [5.74, 6) is 0.304. The molecule has 0 bridgehead atoms. The smallest absolute Gasteiger partial charge is 0.229 e. The van der Waals surface area contributed by atoms with E-state index in [1.807, 2.05) is 43.3 Å². The van der Waals surface area contributed by atoms with Gasteiger partial charge in [-0.15, -0.1) is 0 Å². The van der Waals surface area contributed by atoms with Crippen LogP contribution >= 0.6 is 0 Å². The maximum Gasteiger partial charge on any atom is 0.229 e. The van der Waals surface area contributed by atoms with Gasteiger partial charge in [0.15, 0.2) is 0 Å². The van der Waals surface area contributed by atoms with Crippen molar-refractivity contribution in [2.45, 2.75) is 34.1 Å². The Morgan fingerprint density at radius 2 is 1.97 bits per heavy atom. The largest absolute Gasteiger partial charge is 0.372 e. The standard InChI is InChI=1S/C25H29N5O3/c1-5-29(6-2)20-10-11-22(16(3)12-20)27-25(32)19-14-23(31)30(15-19)21-9-7-8-18(13-21)24-26-17(4)33-28-24/h7-13,19H,5-6,14-15H2,1-4H3,(H,27,32). The third-order valence-electron chi connectivity index (χ3n) is 6.04. The Morgan fingerprint density at radius 3 is 2.64 bits per heavy atom. The van der Waals surface area contributed by atoms with E-state index in [4.69, 9.17) is 4.52 Å². The van der Waals surface area contributed by atoms with Crippen molar-refractivity contribution in [1.82, 2.24) is 10.1 Å². The molecule has 1 N–H and O–H groups in total. The van der Waals surface area contributed by atoms with Crippen LogP contribution < -0.4 is 15.1 Å². The topological polar surface area (TPSA) is 91.6 Å². The Hall–Kier alpha value is -3.68. The molecule has 33 heavy (non-hydrogen) atoms. The van der Waals surface area contributed by atoms with Gasteiger partial charge >= 0.3 is 0 Å². The summed E-state index contributed by atoms with van der Waals surface area (Å²) in [5.41, 5.74) is 4.38. The Bertz CT molecular complexity index is 1170. The highest BCUT2D eigenvalue weighted by Crippen LogP contribution is 2.30. The molecule has 2 heterocycles. The van der Waals surface area contributed by atoms with E-state index < -0.39 is 5.92 Å². The van der Waals surface area contributed by atoms with Crippen LogP contribution in [0.2, 0.25) is 0 Å². The zero-order valence-corrected chi connectivity index (χ0v) is 19.5. The molecule has 2 amide bonds. The van der Waals surface area contributed by atoms with E-state index in [9.17, 15) is 9.59 Å². The number of anilines is 3. The average Bonchev–Trinajstić information content (AvgIpc) is 3.42. The Kier molecular flexibility index (Phi) is 6.44. The Morgan fingerprint density at radius 1 is 1.18 bits per heavy atom. The van der Waals surface area contributed by atoms with E-state index in [1.54, 1.807) is 11.8 Å². The number of hydrogen-bond donors (Lipinski definition) is 1. The summed E-state index contributed by atoms with van der Waals surface area (Å²) in [6.07, 6.45) is 0.175. The van der Waals surface area contributed by atoms with Gasteiger partial charge in [-0.2, -0.15) is 4.98 Å². The molecule has 8 heteroatoms. The number of aryl methyl sites for hydroxylation is 2. The third-order valence-corrected chi connectivity index (χ3v) is 6.04. The van der Waals surface area contributed by atoms with Gasteiger partial charge in [-0.1, -0.05) is 17.3 Å². The lowest BCUT2D eigenvalue weighted by atomic mass is 10.1. The van der Waals surface area contributed by atoms with Gasteiger partial charge in [0.25, 0.3) is 0 Å². The van der Waals surface area contributed by atoms with E-state index in [2.05, 4.69) is 40.3 Å². The summed E-state index contributed by atoms with van der Waals surface area (Å²) >= 11 is 0. The van der Waals surface area contributed by atoms with Crippen LogP contribution in [-0.2, 0) is 9.59 Å². The zero-order chi connectivity index (χ0) is 23.5. The van der Waals surface area contributed by atoms with Gasteiger partial charge in [0, 0.05) is 55.6 Å². The first kappa shape index (κ1) is 22.5. The highest BCUT2D eigenvalue weighted by Gasteiger charge is 2.35. The van der Waals surface area contributed by atoms with Gasteiger partial charge in [0.2, 0.25) is 23.5 Å². The highest BCUT2D eigenvalue weighted by atomic mass is 16.5. The molecule has 0 spiro atoms. The van der Waals surface area contributed by atoms with E-state index in [0.717, 1.165) is 41.3 Å². The normalized spacial score (nSPS) is 15.7. The number of amides is 2. The number of carbonyl (C=O) groups is 2. The highest BCUT2D eigenvalue weighted by molar-refractivity contribution is 6.04. The van der Waals surface area contributed by atoms with Crippen LogP contribution in [-0.4, -0.2) is 41.6 Å². The summed E-state index contributed by atoms with van der Waals surface area (Å²) in [7, 11) is 0. The summed E-state index contributed by atoms with van der Waals surface area (Å²) < 4.78 is 5.06. The lowest BCUT2D eigenvalue weighted by Gasteiger charge is -2.22. The molecule has 1 atom stereocenters. The summed E-state index contributed by atoms with van der Waals surface area (Å²) in [6, 6.07) is 13.4. The van der Waals surface area contributed by atoms with Crippen LogP contribution in [0.25, 0.3) is 11.4 Å². The third kappa shape index (κ3) is 4.74. The van der Waals surface area contributed by atoms with Crippen molar-refractivity contribution in [3.63, 3.8) is 0 Å². The predicted molar refractivity (Wildman–Crippen MR) is 128 cm³/mol. The molecule has 4 rings (SSSR count). The molecule has 2 aromatic carbocycles. The number of nitrogens with zero attached hydrogens (tertiary/aromatic N) is 4. The Balaban J connectivity index is 1.46. The van der Waals surface area contributed by atoms with Crippen molar-refractivity contribution in [3.05, 3.63) is 53.9 Å². The molecule has 8 nitrogen and oxygen atoms in total. The van der Waals surface area contributed by atoms with Crippen molar-refractivity contribution >= 4 is 28.9 Å². The fraction of sp³-hybridized carbons (Fsp3) is 0.360. The van der Waals surface area contributed by atoms with Crippen molar-refractivity contribution < 1.29 is 14.1 Å². The monoisotopic (exact) mass is 447 g/mol. The Labute approximate surface area is 193 Å². The van der Waals surface area contributed by atoms with Crippen LogP contribution in [0.15, 0.2) is 47.0 Å². The lowest BCUT2D eigenvalue weighted by Crippen LogP contribution is -2.28. The fourth-order valence-electron chi connectivity index (χ4n) is 4.17. The quantitative estimate of drug-likeness (QED) is 0.584. The van der Waals surface area contributed by atoms with Crippen LogP contribution in [0.3, 0.4) is 0 Å². The van der Waals surface area contributed by atoms with E-state index in [1.165, 1.54) is 0 Å². The molecule has 3 aromatic rings. The van der Waals surface area contributed by atoms with E-state index in [-0.39, 0.29) is 18.2 Å². The predicted octanol–water partition coefficient (Wildman–Crippen LogP) is 4.19. The molecule has 172 valence electrons. The van der Waals surface area contributed by atoms with Crippen molar-refractivity contribution in [2.24, 2.45) is 5.92 Å². The van der Waals surface area contributed by atoms with Gasteiger partial charge in [-0.3, -0.25) is 9.59 Å². The molecule has 1 aromatic heterocycles. The first-order valence-corrected chi connectivity index (χ1v) is 11.3. The van der Waals surface area contributed by atoms with Crippen LogP contribution in [0, 0.1) is 19.8 Å². The minimum absolute atomic E-state index is 0.0785. The van der Waals surface area contributed by atoms with Crippen molar-refractivity contribution in [2.75, 3.05) is 34.8 Å². The summed E-state index contributed by atoms with van der Waals surface area (Å²) in [6.45, 7) is 10.1. The lowest BCUT2D eigenvalue weighted by molar-refractivity contribution is -0.122.